The Bertz CT molecular complexity index is 626. The summed E-state index contributed by atoms with van der Waals surface area (Å²) >= 11 is 0. The van der Waals surface area contributed by atoms with Crippen LogP contribution in [0.25, 0.3) is 11.5 Å². The lowest BCUT2D eigenvalue weighted by Gasteiger charge is -2.30. The molecule has 0 bridgehead atoms. The Balaban J connectivity index is 1.83. The molecule has 1 N–H and O–H groups in total. The Morgan fingerprint density at radius 1 is 1.43 bits per heavy atom. The van der Waals surface area contributed by atoms with Gasteiger partial charge in [0.1, 0.15) is 11.9 Å². The molecule has 0 radical (unpaired) electrons. The lowest BCUT2D eigenvalue weighted by molar-refractivity contribution is -0.0334. The van der Waals surface area contributed by atoms with Gasteiger partial charge in [0, 0.05) is 13.1 Å². The summed E-state index contributed by atoms with van der Waals surface area (Å²) in [6, 6.07) is 5.35. The van der Waals surface area contributed by atoms with Gasteiger partial charge in [-0.3, -0.25) is 4.90 Å². The van der Waals surface area contributed by atoms with E-state index >= 15 is 0 Å². The van der Waals surface area contributed by atoms with Gasteiger partial charge >= 0.3 is 0 Å². The van der Waals surface area contributed by atoms with Crippen LogP contribution in [0.15, 0.2) is 22.7 Å². The van der Waals surface area contributed by atoms with Gasteiger partial charge in [-0.15, -0.1) is 0 Å². The third kappa shape index (κ3) is 2.91. The Morgan fingerprint density at radius 2 is 2.29 bits per heavy atom. The molecular weight excluding hydrogens is 270 g/mol. The number of phenolic OH excluding ortho intramolecular Hbond substituents is 1. The summed E-state index contributed by atoms with van der Waals surface area (Å²) in [7, 11) is 0. The van der Waals surface area contributed by atoms with E-state index in [1.165, 1.54) is 0 Å². The van der Waals surface area contributed by atoms with E-state index in [0.717, 1.165) is 25.2 Å². The van der Waals surface area contributed by atoms with Gasteiger partial charge in [0.15, 0.2) is 0 Å². The Hall–Kier alpha value is -1.92. The summed E-state index contributed by atoms with van der Waals surface area (Å²) in [5.41, 5.74) is 1.52. The van der Waals surface area contributed by atoms with E-state index in [0.29, 0.717) is 23.9 Å². The Kier molecular flexibility index (Phi) is 3.90. The second-order valence-corrected chi connectivity index (χ2v) is 5.23. The molecule has 3 rings (SSSR count). The summed E-state index contributed by atoms with van der Waals surface area (Å²) < 4.78 is 11.0. The Labute approximate surface area is 123 Å². The molecule has 21 heavy (non-hydrogen) atoms. The van der Waals surface area contributed by atoms with Gasteiger partial charge in [-0.05, 0) is 31.2 Å². The zero-order chi connectivity index (χ0) is 14.8. The maximum Gasteiger partial charge on any atom is 0.261 e. The summed E-state index contributed by atoms with van der Waals surface area (Å²) in [4.78, 5) is 6.66. The number of hydrogen-bond donors (Lipinski definition) is 1. The van der Waals surface area contributed by atoms with E-state index in [2.05, 4.69) is 22.0 Å². The van der Waals surface area contributed by atoms with Crippen LogP contribution in [-0.2, 0) is 4.74 Å². The van der Waals surface area contributed by atoms with Gasteiger partial charge in [-0.1, -0.05) is 18.1 Å². The molecule has 2 heterocycles. The molecule has 0 amide bonds. The predicted molar refractivity (Wildman–Crippen MR) is 76.9 cm³/mol. The van der Waals surface area contributed by atoms with E-state index < -0.39 is 0 Å². The van der Waals surface area contributed by atoms with Crippen molar-refractivity contribution < 1.29 is 14.4 Å². The first-order valence-corrected chi connectivity index (χ1v) is 7.15. The van der Waals surface area contributed by atoms with Crippen LogP contribution >= 0.6 is 0 Å². The number of aromatic nitrogens is 2. The summed E-state index contributed by atoms with van der Waals surface area (Å²) in [5, 5.41) is 14.0. The minimum atomic E-state index is -0.177. The largest absolute Gasteiger partial charge is 0.507 e. The van der Waals surface area contributed by atoms with E-state index in [4.69, 9.17) is 9.26 Å². The van der Waals surface area contributed by atoms with Crippen molar-refractivity contribution in [1.82, 2.24) is 15.0 Å². The monoisotopic (exact) mass is 289 g/mol. The lowest BCUT2D eigenvalue weighted by atomic mass is 10.1. The van der Waals surface area contributed by atoms with Gasteiger partial charge in [0.05, 0.1) is 12.2 Å². The quantitative estimate of drug-likeness (QED) is 0.933. The Morgan fingerprint density at radius 3 is 3.05 bits per heavy atom. The van der Waals surface area contributed by atoms with E-state index in [1.54, 1.807) is 12.1 Å². The van der Waals surface area contributed by atoms with Gasteiger partial charge in [-0.2, -0.15) is 4.98 Å². The highest BCUT2D eigenvalue weighted by molar-refractivity contribution is 5.62. The maximum absolute atomic E-state index is 9.98. The lowest BCUT2D eigenvalue weighted by Crippen LogP contribution is -2.38. The standard InChI is InChI=1S/C15H19N3O3/c1-3-18-6-7-20-13(9-18)14-16-15(21-17-14)11-5-4-10(2)8-12(11)19/h4-5,8,13,19H,3,6-7,9H2,1-2H3. The van der Waals surface area contributed by atoms with Crippen LogP contribution < -0.4 is 0 Å². The van der Waals surface area contributed by atoms with Crippen LogP contribution in [0.5, 0.6) is 5.75 Å². The molecule has 0 aliphatic carbocycles. The minimum absolute atomic E-state index is 0.143. The first kappa shape index (κ1) is 14.0. The fraction of sp³-hybridized carbons (Fsp3) is 0.467. The number of phenols is 1. The molecule has 2 aromatic rings. The molecule has 1 aromatic heterocycles. The number of hydrogen-bond acceptors (Lipinski definition) is 6. The van der Waals surface area contributed by atoms with Crippen molar-refractivity contribution in [3.05, 3.63) is 29.6 Å². The first-order chi connectivity index (χ1) is 10.2. The van der Waals surface area contributed by atoms with Crippen molar-refractivity contribution in [3.8, 4) is 17.2 Å². The molecule has 1 aromatic carbocycles. The minimum Gasteiger partial charge on any atom is -0.507 e. The number of morpholine rings is 1. The number of nitrogens with zero attached hydrogens (tertiary/aromatic N) is 3. The number of rotatable bonds is 3. The molecule has 112 valence electrons. The fourth-order valence-electron chi connectivity index (χ4n) is 2.44. The molecule has 1 fully saturated rings. The van der Waals surface area contributed by atoms with Crippen molar-refractivity contribution in [2.45, 2.75) is 20.0 Å². The molecule has 1 aliphatic heterocycles. The molecule has 0 saturated carbocycles. The van der Waals surface area contributed by atoms with Gasteiger partial charge in [-0.25, -0.2) is 0 Å². The number of likely N-dealkylation sites (N-methyl/N-ethyl adjacent to an activating group) is 1. The third-order valence-electron chi connectivity index (χ3n) is 3.71. The normalized spacial score (nSPS) is 19.8. The highest BCUT2D eigenvalue weighted by atomic mass is 16.5. The molecule has 1 saturated heterocycles. The average molecular weight is 289 g/mol. The zero-order valence-corrected chi connectivity index (χ0v) is 12.2. The number of ether oxygens (including phenoxy) is 1. The summed E-state index contributed by atoms with van der Waals surface area (Å²) in [6.07, 6.45) is -0.177. The number of aromatic hydroxyl groups is 1. The van der Waals surface area contributed by atoms with Crippen molar-refractivity contribution >= 4 is 0 Å². The number of aryl methyl sites for hydroxylation is 1. The topological polar surface area (TPSA) is 71.6 Å². The molecule has 1 unspecified atom stereocenters. The van der Waals surface area contributed by atoms with Crippen LogP contribution in [0.3, 0.4) is 0 Å². The van der Waals surface area contributed by atoms with Crippen LogP contribution in [0.2, 0.25) is 0 Å². The van der Waals surface area contributed by atoms with Crippen molar-refractivity contribution in [2.24, 2.45) is 0 Å². The van der Waals surface area contributed by atoms with Crippen molar-refractivity contribution in [2.75, 3.05) is 26.2 Å². The van der Waals surface area contributed by atoms with E-state index in [-0.39, 0.29) is 11.9 Å². The fourth-order valence-corrected chi connectivity index (χ4v) is 2.44. The van der Waals surface area contributed by atoms with Gasteiger partial charge < -0.3 is 14.4 Å². The van der Waals surface area contributed by atoms with Crippen LogP contribution in [0.4, 0.5) is 0 Å². The van der Waals surface area contributed by atoms with Crippen molar-refractivity contribution in [3.63, 3.8) is 0 Å². The molecule has 1 aliphatic rings. The summed E-state index contributed by atoms with van der Waals surface area (Å²) in [6.45, 7) is 7.36. The highest BCUT2D eigenvalue weighted by Crippen LogP contribution is 2.30. The zero-order valence-electron chi connectivity index (χ0n) is 12.2. The smallest absolute Gasteiger partial charge is 0.261 e. The second-order valence-electron chi connectivity index (χ2n) is 5.23. The second kappa shape index (κ2) is 5.83. The number of benzene rings is 1. The van der Waals surface area contributed by atoms with Crippen LogP contribution in [0.1, 0.15) is 24.4 Å². The van der Waals surface area contributed by atoms with Crippen LogP contribution in [0, 0.1) is 6.92 Å². The van der Waals surface area contributed by atoms with Crippen molar-refractivity contribution in [1.29, 1.82) is 0 Å². The molecule has 1 atom stereocenters. The van der Waals surface area contributed by atoms with E-state index in [1.807, 2.05) is 13.0 Å². The van der Waals surface area contributed by atoms with E-state index in [9.17, 15) is 5.11 Å². The van der Waals surface area contributed by atoms with Gasteiger partial charge in [0.2, 0.25) is 5.82 Å². The molecule has 0 spiro atoms. The summed E-state index contributed by atoms with van der Waals surface area (Å²) in [5.74, 6) is 0.993. The molecular formula is C15H19N3O3. The third-order valence-corrected chi connectivity index (χ3v) is 3.71. The SMILES string of the molecule is CCN1CCOC(c2noc(-c3ccc(C)cc3O)n2)C1. The first-order valence-electron chi connectivity index (χ1n) is 7.15. The average Bonchev–Trinajstić information content (AvgIpc) is 2.97. The molecule has 6 nitrogen and oxygen atoms in total. The van der Waals surface area contributed by atoms with Crippen LogP contribution in [-0.4, -0.2) is 46.4 Å². The van der Waals surface area contributed by atoms with Gasteiger partial charge in [0.25, 0.3) is 5.89 Å². The molecule has 6 heteroatoms. The highest BCUT2D eigenvalue weighted by Gasteiger charge is 2.26. The predicted octanol–water partition coefficient (Wildman–Crippen LogP) is 2.14. The maximum atomic E-state index is 9.98.